The van der Waals surface area contributed by atoms with Gasteiger partial charge in [0.25, 0.3) is 0 Å². The topological polar surface area (TPSA) is 0 Å². The third kappa shape index (κ3) is 3.77. The van der Waals surface area contributed by atoms with Crippen LogP contribution in [0.2, 0.25) is 0 Å². The van der Waals surface area contributed by atoms with E-state index in [0.29, 0.717) is 0 Å². The van der Waals surface area contributed by atoms with Crippen molar-refractivity contribution in [2.24, 2.45) is 5.92 Å². The Balaban J connectivity index is 2.48. The minimum atomic E-state index is 0.766. The van der Waals surface area contributed by atoms with Crippen LogP contribution in [0.25, 0.3) is 6.08 Å². The van der Waals surface area contributed by atoms with Crippen molar-refractivity contribution < 1.29 is 0 Å². The first-order chi connectivity index (χ1) is 6.22. The van der Waals surface area contributed by atoms with Crippen molar-refractivity contribution in [3.8, 4) is 0 Å². The van der Waals surface area contributed by atoms with Crippen molar-refractivity contribution in [3.63, 3.8) is 0 Å². The zero-order chi connectivity index (χ0) is 9.68. The summed E-state index contributed by atoms with van der Waals surface area (Å²) < 4.78 is 0. The van der Waals surface area contributed by atoms with Gasteiger partial charge in [-0.05, 0) is 37.0 Å². The lowest BCUT2D eigenvalue weighted by Gasteiger charge is -1.95. The van der Waals surface area contributed by atoms with Gasteiger partial charge in [-0.2, -0.15) is 0 Å². The summed E-state index contributed by atoms with van der Waals surface area (Å²) in [7, 11) is 0. The highest BCUT2D eigenvalue weighted by atomic mass is 32.1. The van der Waals surface area contributed by atoms with Crippen molar-refractivity contribution >= 4 is 17.4 Å². The van der Waals surface area contributed by atoms with Gasteiger partial charge in [0, 0.05) is 9.75 Å². The number of allylic oxidation sites excluding steroid dienone is 1. The molecule has 0 bridgehead atoms. The van der Waals surface area contributed by atoms with Crippen LogP contribution in [0.3, 0.4) is 0 Å². The predicted octanol–water partition coefficient (Wildman–Crippen LogP) is 4.37. The van der Waals surface area contributed by atoms with Crippen LogP contribution in [0, 0.1) is 5.92 Å². The molecule has 1 heteroatoms. The summed E-state index contributed by atoms with van der Waals surface area (Å²) >= 11 is 1.90. The number of aryl methyl sites for hydroxylation is 1. The molecule has 0 N–H and O–H groups in total. The molecule has 1 aromatic rings. The second kappa shape index (κ2) is 5.23. The lowest BCUT2D eigenvalue weighted by molar-refractivity contribution is 0.665. The Kier molecular flexibility index (Phi) is 4.23. The van der Waals surface area contributed by atoms with E-state index in [2.05, 4.69) is 45.1 Å². The van der Waals surface area contributed by atoms with Crippen LogP contribution in [0.15, 0.2) is 18.2 Å². The molecule has 0 aliphatic carbocycles. The summed E-state index contributed by atoms with van der Waals surface area (Å²) in [4.78, 5) is 2.86. The van der Waals surface area contributed by atoms with Crippen LogP contribution in [0.1, 0.15) is 36.9 Å². The van der Waals surface area contributed by atoms with Gasteiger partial charge in [0.2, 0.25) is 0 Å². The molecule has 0 amide bonds. The van der Waals surface area contributed by atoms with Crippen molar-refractivity contribution in [2.45, 2.75) is 33.6 Å². The third-order valence-electron chi connectivity index (χ3n) is 1.92. The molecule has 1 rings (SSSR count). The van der Waals surface area contributed by atoms with Gasteiger partial charge in [0.05, 0.1) is 0 Å². The van der Waals surface area contributed by atoms with Gasteiger partial charge in [0.1, 0.15) is 0 Å². The highest BCUT2D eigenvalue weighted by Crippen LogP contribution is 2.18. The van der Waals surface area contributed by atoms with E-state index in [1.54, 1.807) is 0 Å². The summed E-state index contributed by atoms with van der Waals surface area (Å²) in [6.07, 6.45) is 6.85. The molecular formula is C12H18S. The molecule has 0 spiro atoms. The van der Waals surface area contributed by atoms with Crippen LogP contribution in [-0.2, 0) is 6.42 Å². The normalized spacial score (nSPS) is 11.7. The van der Waals surface area contributed by atoms with Gasteiger partial charge in [-0.15, -0.1) is 11.3 Å². The lowest BCUT2D eigenvalue weighted by Crippen LogP contribution is -1.80. The van der Waals surface area contributed by atoms with Gasteiger partial charge in [-0.3, -0.25) is 0 Å². The van der Waals surface area contributed by atoms with Crippen molar-refractivity contribution in [2.75, 3.05) is 0 Å². The molecule has 0 unspecified atom stereocenters. The standard InChI is InChI=1S/C12H18S/c1-4-11-8-9-12(13-11)7-5-6-10(2)3/h5,7-10H,4,6H2,1-3H3/b7-5-. The average molecular weight is 194 g/mol. The molecule has 0 aliphatic heterocycles. The Bertz CT molecular complexity index is 268. The second-order valence-electron chi connectivity index (χ2n) is 3.69. The summed E-state index contributed by atoms with van der Waals surface area (Å²) in [5.41, 5.74) is 0. The van der Waals surface area contributed by atoms with E-state index in [1.807, 2.05) is 11.3 Å². The molecule has 0 saturated carbocycles. The fraction of sp³-hybridized carbons (Fsp3) is 0.500. The molecule has 0 nitrogen and oxygen atoms in total. The van der Waals surface area contributed by atoms with Crippen LogP contribution in [0.4, 0.5) is 0 Å². The van der Waals surface area contributed by atoms with Gasteiger partial charge >= 0.3 is 0 Å². The van der Waals surface area contributed by atoms with Crippen LogP contribution in [0.5, 0.6) is 0 Å². The molecule has 0 aliphatic rings. The first-order valence-corrected chi connectivity index (χ1v) is 5.79. The van der Waals surface area contributed by atoms with E-state index in [0.717, 1.165) is 12.3 Å². The molecule has 0 radical (unpaired) electrons. The molecule has 0 aromatic carbocycles. The minimum absolute atomic E-state index is 0.766. The maximum absolute atomic E-state index is 2.27. The molecule has 1 heterocycles. The van der Waals surface area contributed by atoms with E-state index < -0.39 is 0 Å². The van der Waals surface area contributed by atoms with Gasteiger partial charge in [-0.25, -0.2) is 0 Å². The molecule has 0 atom stereocenters. The smallest absolute Gasteiger partial charge is 0.0270 e. The summed E-state index contributed by atoms with van der Waals surface area (Å²) in [6.45, 7) is 6.69. The zero-order valence-electron chi connectivity index (χ0n) is 8.71. The summed E-state index contributed by atoms with van der Waals surface area (Å²) in [5.74, 6) is 0.766. The Labute approximate surface area is 85.3 Å². The Morgan fingerprint density at radius 3 is 2.69 bits per heavy atom. The monoisotopic (exact) mass is 194 g/mol. The van der Waals surface area contributed by atoms with Crippen LogP contribution in [-0.4, -0.2) is 0 Å². The van der Waals surface area contributed by atoms with E-state index in [-0.39, 0.29) is 0 Å². The molecule has 1 aromatic heterocycles. The highest BCUT2D eigenvalue weighted by Gasteiger charge is 1.94. The summed E-state index contributed by atoms with van der Waals surface area (Å²) in [6, 6.07) is 4.43. The van der Waals surface area contributed by atoms with Gasteiger partial charge in [0.15, 0.2) is 0 Å². The Hall–Kier alpha value is -0.560. The number of thiophene rings is 1. The highest BCUT2D eigenvalue weighted by molar-refractivity contribution is 7.12. The molecular weight excluding hydrogens is 176 g/mol. The minimum Gasteiger partial charge on any atom is -0.141 e. The van der Waals surface area contributed by atoms with Crippen molar-refractivity contribution in [3.05, 3.63) is 28.0 Å². The van der Waals surface area contributed by atoms with Crippen molar-refractivity contribution in [1.82, 2.24) is 0 Å². The first kappa shape index (κ1) is 10.5. The van der Waals surface area contributed by atoms with E-state index in [4.69, 9.17) is 0 Å². The van der Waals surface area contributed by atoms with E-state index >= 15 is 0 Å². The molecule has 0 saturated heterocycles. The quantitative estimate of drug-likeness (QED) is 0.667. The third-order valence-corrected chi connectivity index (χ3v) is 3.12. The molecule has 13 heavy (non-hydrogen) atoms. The Morgan fingerprint density at radius 1 is 1.38 bits per heavy atom. The fourth-order valence-corrected chi connectivity index (χ4v) is 2.01. The average Bonchev–Trinajstić information content (AvgIpc) is 2.52. The maximum Gasteiger partial charge on any atom is 0.0270 e. The first-order valence-electron chi connectivity index (χ1n) is 4.97. The van der Waals surface area contributed by atoms with E-state index in [9.17, 15) is 0 Å². The fourth-order valence-electron chi connectivity index (χ4n) is 1.13. The SMILES string of the molecule is CCc1ccc(/C=C\CC(C)C)s1. The lowest BCUT2D eigenvalue weighted by atomic mass is 10.1. The van der Waals surface area contributed by atoms with Crippen LogP contribution >= 0.6 is 11.3 Å². The number of hydrogen-bond donors (Lipinski definition) is 0. The number of hydrogen-bond acceptors (Lipinski definition) is 1. The predicted molar refractivity (Wildman–Crippen MR) is 62.2 cm³/mol. The Morgan fingerprint density at radius 2 is 2.15 bits per heavy atom. The molecule has 72 valence electrons. The second-order valence-corrected chi connectivity index (χ2v) is 4.89. The van der Waals surface area contributed by atoms with Gasteiger partial charge < -0.3 is 0 Å². The molecule has 0 fully saturated rings. The maximum atomic E-state index is 2.27. The largest absolute Gasteiger partial charge is 0.141 e. The summed E-state index contributed by atoms with van der Waals surface area (Å²) in [5, 5.41) is 0. The zero-order valence-corrected chi connectivity index (χ0v) is 9.53. The number of rotatable bonds is 4. The van der Waals surface area contributed by atoms with E-state index in [1.165, 1.54) is 16.2 Å². The van der Waals surface area contributed by atoms with Crippen molar-refractivity contribution in [1.29, 1.82) is 0 Å². The van der Waals surface area contributed by atoms with Gasteiger partial charge in [-0.1, -0.05) is 26.8 Å². The van der Waals surface area contributed by atoms with Crippen LogP contribution < -0.4 is 0 Å².